The number of nitrogens with zero attached hydrogens (tertiary/aromatic N) is 3. The number of hydrogen-bond donors (Lipinski definition) is 1. The summed E-state index contributed by atoms with van der Waals surface area (Å²) >= 11 is 8.72. The Hall–Kier alpha value is -3.60. The Kier molecular flexibility index (Phi) is 9.11. The second-order valence-corrected chi connectivity index (χ2v) is 10.8. The lowest BCUT2D eigenvalue weighted by molar-refractivity contribution is -0.113. The maximum Gasteiger partial charge on any atom is 0.341 e. The number of benzene rings is 2. The number of ether oxygens (including phenoxy) is 2. The van der Waals surface area contributed by atoms with E-state index >= 15 is 0 Å². The highest BCUT2D eigenvalue weighted by molar-refractivity contribution is 7.99. The Labute approximate surface area is 240 Å². The number of aromatic nitrogens is 3. The van der Waals surface area contributed by atoms with Crippen LogP contribution in [0.15, 0.2) is 59.6 Å². The molecule has 8 nitrogen and oxygen atoms in total. The number of hydrogen-bond acceptors (Lipinski definition) is 8. The quantitative estimate of drug-likeness (QED) is 0.127. The van der Waals surface area contributed by atoms with Crippen molar-refractivity contribution in [1.29, 1.82) is 0 Å². The number of methoxy groups -OCH3 is 2. The summed E-state index contributed by atoms with van der Waals surface area (Å²) in [6.45, 7) is 8.22. The summed E-state index contributed by atoms with van der Waals surface area (Å²) in [6.07, 6.45) is 1.72. The van der Waals surface area contributed by atoms with Gasteiger partial charge < -0.3 is 14.8 Å². The lowest BCUT2D eigenvalue weighted by atomic mass is 9.97. The van der Waals surface area contributed by atoms with Crippen molar-refractivity contribution >= 4 is 51.6 Å². The molecule has 2 aromatic carbocycles. The Morgan fingerprint density at radius 2 is 1.92 bits per heavy atom. The predicted molar refractivity (Wildman–Crippen MR) is 157 cm³/mol. The van der Waals surface area contributed by atoms with E-state index in [-0.39, 0.29) is 11.7 Å². The third-order valence-corrected chi connectivity index (χ3v) is 7.98. The fourth-order valence-corrected chi connectivity index (χ4v) is 5.90. The van der Waals surface area contributed by atoms with Crippen molar-refractivity contribution in [2.24, 2.45) is 0 Å². The number of thiophene rings is 1. The van der Waals surface area contributed by atoms with Gasteiger partial charge in [0.2, 0.25) is 5.91 Å². The lowest BCUT2D eigenvalue weighted by Crippen LogP contribution is -2.16. The summed E-state index contributed by atoms with van der Waals surface area (Å²) in [7, 11) is 2.90. The minimum absolute atomic E-state index is 0.0409. The number of rotatable bonds is 10. The molecule has 2 heterocycles. The largest absolute Gasteiger partial charge is 0.496 e. The molecule has 4 rings (SSSR count). The zero-order chi connectivity index (χ0) is 28.1. The minimum Gasteiger partial charge on any atom is -0.496 e. The number of nitrogens with one attached hydrogen (secondary N) is 1. The van der Waals surface area contributed by atoms with Gasteiger partial charge in [-0.25, -0.2) is 4.79 Å². The van der Waals surface area contributed by atoms with Crippen molar-refractivity contribution in [2.75, 3.05) is 25.3 Å². The van der Waals surface area contributed by atoms with Crippen LogP contribution in [0.4, 0.5) is 5.00 Å². The van der Waals surface area contributed by atoms with Gasteiger partial charge in [-0.1, -0.05) is 53.2 Å². The highest BCUT2D eigenvalue weighted by Gasteiger charge is 2.24. The van der Waals surface area contributed by atoms with Gasteiger partial charge in [0, 0.05) is 22.5 Å². The van der Waals surface area contributed by atoms with Crippen molar-refractivity contribution < 1.29 is 19.1 Å². The molecule has 0 radical (unpaired) electrons. The highest BCUT2D eigenvalue weighted by atomic mass is 35.5. The van der Waals surface area contributed by atoms with Gasteiger partial charge in [0.1, 0.15) is 16.3 Å². The molecule has 2 aromatic heterocycles. The van der Waals surface area contributed by atoms with E-state index in [2.05, 4.69) is 22.1 Å². The number of anilines is 1. The van der Waals surface area contributed by atoms with Crippen molar-refractivity contribution in [2.45, 2.75) is 25.5 Å². The van der Waals surface area contributed by atoms with Crippen LogP contribution in [-0.2, 0) is 16.1 Å². The van der Waals surface area contributed by atoms with Gasteiger partial charge in [0.05, 0.1) is 25.5 Å². The maximum absolute atomic E-state index is 13.0. The van der Waals surface area contributed by atoms with Crippen LogP contribution in [0.1, 0.15) is 21.5 Å². The Morgan fingerprint density at radius 3 is 2.64 bits per heavy atom. The van der Waals surface area contributed by atoms with Crippen LogP contribution in [0.25, 0.3) is 22.5 Å². The first-order chi connectivity index (χ1) is 18.8. The van der Waals surface area contributed by atoms with Gasteiger partial charge in [-0.3, -0.25) is 9.36 Å². The molecule has 39 heavy (non-hydrogen) atoms. The monoisotopic (exact) mass is 582 g/mol. The number of thioether (sulfide) groups is 1. The molecule has 0 saturated heterocycles. The lowest BCUT2D eigenvalue weighted by Gasteiger charge is -2.11. The van der Waals surface area contributed by atoms with Gasteiger partial charge >= 0.3 is 5.97 Å². The molecule has 1 amide bonds. The van der Waals surface area contributed by atoms with Crippen LogP contribution < -0.4 is 10.1 Å². The third-order valence-electron chi connectivity index (χ3n) is 5.88. The molecule has 0 fully saturated rings. The van der Waals surface area contributed by atoms with E-state index in [1.807, 2.05) is 42.0 Å². The molecule has 0 bridgehead atoms. The summed E-state index contributed by atoms with van der Waals surface area (Å²) in [5, 5.41) is 14.9. The first-order valence-corrected chi connectivity index (χ1v) is 14.1. The van der Waals surface area contributed by atoms with E-state index in [9.17, 15) is 9.59 Å². The third kappa shape index (κ3) is 6.19. The number of carbonyl (C=O) groups excluding carboxylic acids is 2. The Bertz CT molecular complexity index is 1550. The van der Waals surface area contributed by atoms with E-state index in [4.69, 9.17) is 21.1 Å². The van der Waals surface area contributed by atoms with Gasteiger partial charge in [-0.2, -0.15) is 0 Å². The average molecular weight is 583 g/mol. The molecule has 4 aromatic rings. The SMILES string of the molecule is C=CCn1c(SCC(=O)Nc2scc(-c3cc(C)ccc3C)c2C(=O)OC)nnc1-c1cc(Cl)ccc1OC. The molecule has 202 valence electrons. The Morgan fingerprint density at radius 1 is 1.13 bits per heavy atom. The van der Waals surface area contributed by atoms with Crippen LogP contribution in [0, 0.1) is 13.8 Å². The van der Waals surface area contributed by atoms with Crippen molar-refractivity contribution in [3.8, 4) is 28.3 Å². The fraction of sp³-hybridized carbons (Fsp3) is 0.214. The smallest absolute Gasteiger partial charge is 0.341 e. The summed E-state index contributed by atoms with van der Waals surface area (Å²) in [4.78, 5) is 25.8. The number of esters is 1. The predicted octanol–water partition coefficient (Wildman–Crippen LogP) is 6.66. The number of halogens is 1. The van der Waals surface area contributed by atoms with Crippen LogP contribution in [0.2, 0.25) is 5.02 Å². The summed E-state index contributed by atoms with van der Waals surface area (Å²) in [6, 6.07) is 11.3. The van der Waals surface area contributed by atoms with Gasteiger partial charge in [0.25, 0.3) is 0 Å². The molecule has 1 N–H and O–H groups in total. The van der Waals surface area contributed by atoms with Crippen LogP contribution >= 0.6 is 34.7 Å². The first kappa shape index (κ1) is 28.4. The highest BCUT2D eigenvalue weighted by Crippen LogP contribution is 2.38. The standard InChI is InChI=1S/C28H27ClN4O4S2/c1-6-11-33-25(20-13-18(29)9-10-22(20)36-4)31-32-28(33)39-15-23(34)30-26-24(27(35)37-5)21(14-38-26)19-12-16(2)7-8-17(19)3/h6-10,12-14H,1,11,15H2,2-5H3,(H,30,34). The molecule has 0 atom stereocenters. The molecule has 0 aliphatic rings. The fourth-order valence-electron chi connectivity index (χ4n) is 4.02. The summed E-state index contributed by atoms with van der Waals surface area (Å²) in [5.74, 6) is 0.371. The summed E-state index contributed by atoms with van der Waals surface area (Å²) < 4.78 is 12.4. The zero-order valence-corrected chi connectivity index (χ0v) is 24.3. The average Bonchev–Trinajstić information content (AvgIpc) is 3.52. The molecule has 0 aliphatic heterocycles. The van der Waals surface area contributed by atoms with Gasteiger partial charge in [0.15, 0.2) is 11.0 Å². The van der Waals surface area contributed by atoms with E-state index in [0.29, 0.717) is 44.4 Å². The summed E-state index contributed by atoms with van der Waals surface area (Å²) in [5.41, 5.74) is 4.74. The molecule has 0 aliphatic carbocycles. The van der Waals surface area contributed by atoms with E-state index in [1.165, 1.54) is 30.2 Å². The first-order valence-electron chi connectivity index (χ1n) is 11.9. The number of carbonyl (C=O) groups is 2. The zero-order valence-electron chi connectivity index (χ0n) is 21.9. The number of allylic oxidation sites excluding steroid dienone is 1. The molecular weight excluding hydrogens is 556 g/mol. The second-order valence-electron chi connectivity index (χ2n) is 8.55. The van der Waals surface area contributed by atoms with E-state index < -0.39 is 5.97 Å². The number of aryl methyl sites for hydroxylation is 2. The molecular formula is C28H27ClN4O4S2. The van der Waals surface area contributed by atoms with E-state index in [1.54, 1.807) is 31.4 Å². The van der Waals surface area contributed by atoms with Crippen LogP contribution in [0.3, 0.4) is 0 Å². The molecule has 11 heteroatoms. The van der Waals surface area contributed by atoms with Gasteiger partial charge in [-0.15, -0.1) is 28.1 Å². The molecule has 0 unspecified atom stereocenters. The minimum atomic E-state index is -0.513. The van der Waals surface area contributed by atoms with Crippen LogP contribution in [0.5, 0.6) is 5.75 Å². The van der Waals surface area contributed by atoms with Crippen LogP contribution in [-0.4, -0.2) is 46.6 Å². The topological polar surface area (TPSA) is 95.3 Å². The van der Waals surface area contributed by atoms with Gasteiger partial charge in [-0.05, 0) is 43.2 Å². The van der Waals surface area contributed by atoms with Crippen molar-refractivity contribution in [3.05, 3.63) is 76.1 Å². The second kappa shape index (κ2) is 12.5. The number of amides is 1. The van der Waals surface area contributed by atoms with Crippen molar-refractivity contribution in [3.63, 3.8) is 0 Å². The van der Waals surface area contributed by atoms with Crippen molar-refractivity contribution in [1.82, 2.24) is 14.8 Å². The Balaban J connectivity index is 1.57. The molecule has 0 saturated carbocycles. The maximum atomic E-state index is 13.0. The normalized spacial score (nSPS) is 10.8. The molecule has 0 spiro atoms. The van der Waals surface area contributed by atoms with E-state index in [0.717, 1.165) is 22.3 Å².